The first kappa shape index (κ1) is 15.5. The van der Waals surface area contributed by atoms with Crippen molar-refractivity contribution < 1.29 is 9.53 Å². The van der Waals surface area contributed by atoms with Crippen LogP contribution in [0, 0.1) is 13.8 Å². The minimum absolute atomic E-state index is 0.211. The molecular weight excluding hydrogens is 308 g/mol. The van der Waals surface area contributed by atoms with Crippen molar-refractivity contribution in [2.24, 2.45) is 12.0 Å². The van der Waals surface area contributed by atoms with E-state index in [0.717, 1.165) is 27.1 Å². The lowest BCUT2D eigenvalue weighted by Crippen LogP contribution is -2.13. The molecule has 1 amide bonds. The number of hydrogen-bond acceptors (Lipinski definition) is 3. The molecule has 3 rings (SSSR count). The highest BCUT2D eigenvalue weighted by Gasteiger charge is 2.10. The molecule has 1 aromatic heterocycles. The molecule has 23 heavy (non-hydrogen) atoms. The molecule has 0 N–H and O–H groups in total. The van der Waals surface area contributed by atoms with E-state index in [1.165, 1.54) is 11.3 Å². The molecule has 2 aromatic carbocycles. The molecule has 0 atom stereocenters. The third-order valence-electron chi connectivity index (χ3n) is 3.83. The van der Waals surface area contributed by atoms with Gasteiger partial charge in [0, 0.05) is 12.6 Å². The first-order chi connectivity index (χ1) is 11.0. The fourth-order valence-corrected chi connectivity index (χ4v) is 3.59. The number of thiazole rings is 1. The number of benzene rings is 2. The molecule has 3 aromatic rings. The van der Waals surface area contributed by atoms with E-state index in [1.54, 1.807) is 7.11 Å². The second-order valence-corrected chi connectivity index (χ2v) is 6.52. The van der Waals surface area contributed by atoms with Gasteiger partial charge in [0.25, 0.3) is 5.91 Å². The van der Waals surface area contributed by atoms with Gasteiger partial charge in [-0.05, 0) is 43.7 Å². The monoisotopic (exact) mass is 326 g/mol. The zero-order valence-electron chi connectivity index (χ0n) is 13.6. The summed E-state index contributed by atoms with van der Waals surface area (Å²) in [6, 6.07) is 11.6. The van der Waals surface area contributed by atoms with Gasteiger partial charge in [-0.15, -0.1) is 0 Å². The molecule has 0 aliphatic carbocycles. The van der Waals surface area contributed by atoms with Gasteiger partial charge in [0.1, 0.15) is 5.75 Å². The van der Waals surface area contributed by atoms with Crippen LogP contribution < -0.4 is 9.54 Å². The van der Waals surface area contributed by atoms with Gasteiger partial charge in [-0.2, -0.15) is 4.99 Å². The van der Waals surface area contributed by atoms with Gasteiger partial charge >= 0.3 is 0 Å². The van der Waals surface area contributed by atoms with Crippen LogP contribution in [0.1, 0.15) is 21.5 Å². The molecule has 0 radical (unpaired) electrons. The predicted octanol–water partition coefficient (Wildman–Crippen LogP) is 3.61. The van der Waals surface area contributed by atoms with E-state index in [4.69, 9.17) is 4.74 Å². The number of nitrogens with zero attached hydrogens (tertiary/aromatic N) is 2. The topological polar surface area (TPSA) is 43.6 Å². The van der Waals surface area contributed by atoms with E-state index in [2.05, 4.69) is 4.99 Å². The second kappa shape index (κ2) is 6.01. The molecule has 1 heterocycles. The zero-order valence-corrected chi connectivity index (χ0v) is 14.4. The molecular formula is C18H18N2O2S. The summed E-state index contributed by atoms with van der Waals surface area (Å²) in [6.07, 6.45) is 0. The molecule has 5 heteroatoms. The molecule has 118 valence electrons. The van der Waals surface area contributed by atoms with E-state index < -0.39 is 0 Å². The predicted molar refractivity (Wildman–Crippen MR) is 93.2 cm³/mol. The molecule has 0 aliphatic rings. The number of amides is 1. The van der Waals surface area contributed by atoms with E-state index in [0.29, 0.717) is 10.4 Å². The molecule has 0 unspecified atom stereocenters. The Morgan fingerprint density at radius 3 is 2.65 bits per heavy atom. The fourth-order valence-electron chi connectivity index (χ4n) is 2.55. The summed E-state index contributed by atoms with van der Waals surface area (Å²) >= 11 is 1.48. The number of aromatic nitrogens is 1. The molecule has 4 nitrogen and oxygen atoms in total. The summed E-state index contributed by atoms with van der Waals surface area (Å²) in [5.74, 6) is 0.586. The highest BCUT2D eigenvalue weighted by atomic mass is 32.1. The Hall–Kier alpha value is -2.40. The van der Waals surface area contributed by atoms with Gasteiger partial charge in [0.05, 0.1) is 17.3 Å². The molecule has 0 saturated carbocycles. The van der Waals surface area contributed by atoms with Crippen LogP contribution in [0.15, 0.2) is 41.4 Å². The third-order valence-corrected chi connectivity index (χ3v) is 4.92. The number of aryl methyl sites for hydroxylation is 3. The molecule has 0 fully saturated rings. The number of carbonyl (C=O) groups is 1. The van der Waals surface area contributed by atoms with Crippen molar-refractivity contribution in [3.05, 3.63) is 57.9 Å². The number of methoxy groups -OCH3 is 1. The van der Waals surface area contributed by atoms with Crippen LogP contribution in [-0.4, -0.2) is 17.6 Å². The van der Waals surface area contributed by atoms with Crippen LogP contribution in [0.25, 0.3) is 10.2 Å². The smallest absolute Gasteiger partial charge is 0.279 e. The average molecular weight is 326 g/mol. The van der Waals surface area contributed by atoms with Crippen LogP contribution >= 0.6 is 11.3 Å². The van der Waals surface area contributed by atoms with E-state index >= 15 is 0 Å². The highest BCUT2D eigenvalue weighted by Crippen LogP contribution is 2.22. The van der Waals surface area contributed by atoms with Crippen LogP contribution in [0.4, 0.5) is 0 Å². The van der Waals surface area contributed by atoms with Gasteiger partial charge < -0.3 is 9.30 Å². The summed E-state index contributed by atoms with van der Waals surface area (Å²) in [6.45, 7) is 3.95. The van der Waals surface area contributed by atoms with Crippen LogP contribution in [0.2, 0.25) is 0 Å². The largest absolute Gasteiger partial charge is 0.497 e. The Labute approximate surface area is 138 Å². The van der Waals surface area contributed by atoms with Crippen molar-refractivity contribution >= 4 is 27.5 Å². The van der Waals surface area contributed by atoms with Crippen molar-refractivity contribution in [2.45, 2.75) is 13.8 Å². The van der Waals surface area contributed by atoms with Crippen LogP contribution in [0.3, 0.4) is 0 Å². The van der Waals surface area contributed by atoms with Crippen molar-refractivity contribution in [2.75, 3.05) is 7.11 Å². The Kier molecular flexibility index (Phi) is 4.05. The summed E-state index contributed by atoms with van der Waals surface area (Å²) in [5, 5.41) is 0. The number of rotatable bonds is 2. The van der Waals surface area contributed by atoms with E-state index in [-0.39, 0.29) is 5.91 Å². The van der Waals surface area contributed by atoms with Gasteiger partial charge in [0.15, 0.2) is 4.80 Å². The van der Waals surface area contributed by atoms with Gasteiger partial charge in [-0.3, -0.25) is 4.79 Å². The maximum atomic E-state index is 12.5. The number of ether oxygens (including phenoxy) is 1. The Morgan fingerprint density at radius 1 is 1.17 bits per heavy atom. The Bertz CT molecular complexity index is 967. The van der Waals surface area contributed by atoms with Gasteiger partial charge in [-0.1, -0.05) is 29.0 Å². The van der Waals surface area contributed by atoms with E-state index in [1.807, 2.05) is 61.9 Å². The second-order valence-electron chi connectivity index (χ2n) is 5.51. The number of carbonyl (C=O) groups excluding carboxylic acids is 1. The van der Waals surface area contributed by atoms with Crippen LogP contribution in [0.5, 0.6) is 5.75 Å². The lowest BCUT2D eigenvalue weighted by molar-refractivity contribution is 0.0997. The number of hydrogen-bond donors (Lipinski definition) is 0. The van der Waals surface area contributed by atoms with Crippen molar-refractivity contribution in [1.82, 2.24) is 4.57 Å². The maximum Gasteiger partial charge on any atom is 0.279 e. The SMILES string of the molecule is COc1ccc2c(c1)sc(=NC(=O)c1ccc(C)cc1C)n2C. The molecule has 0 aliphatic heterocycles. The molecule has 0 spiro atoms. The average Bonchev–Trinajstić information content (AvgIpc) is 2.82. The van der Waals surface area contributed by atoms with Crippen molar-refractivity contribution in [1.29, 1.82) is 0 Å². The molecule has 0 saturated heterocycles. The third kappa shape index (κ3) is 2.92. The molecule has 0 bridgehead atoms. The normalized spacial score (nSPS) is 11.9. The zero-order chi connectivity index (χ0) is 16.6. The van der Waals surface area contributed by atoms with Crippen molar-refractivity contribution in [3.8, 4) is 5.75 Å². The van der Waals surface area contributed by atoms with Gasteiger partial charge in [-0.25, -0.2) is 0 Å². The lowest BCUT2D eigenvalue weighted by atomic mass is 10.1. The van der Waals surface area contributed by atoms with E-state index in [9.17, 15) is 4.79 Å². The minimum Gasteiger partial charge on any atom is -0.497 e. The highest BCUT2D eigenvalue weighted by molar-refractivity contribution is 7.16. The standard InChI is InChI=1S/C18H18N2O2S/c1-11-5-7-14(12(2)9-11)17(21)19-18-20(3)15-8-6-13(22-4)10-16(15)23-18/h5-10H,1-4H3. The first-order valence-electron chi connectivity index (χ1n) is 7.29. The summed E-state index contributed by atoms with van der Waals surface area (Å²) in [4.78, 5) is 17.5. The first-order valence-corrected chi connectivity index (χ1v) is 8.11. The summed E-state index contributed by atoms with van der Waals surface area (Å²) in [5.41, 5.74) is 3.76. The van der Waals surface area contributed by atoms with Gasteiger partial charge in [0.2, 0.25) is 0 Å². The fraction of sp³-hybridized carbons (Fsp3) is 0.222. The Balaban J connectivity index is 2.10. The summed E-state index contributed by atoms with van der Waals surface area (Å²) < 4.78 is 8.22. The Morgan fingerprint density at radius 2 is 1.96 bits per heavy atom. The maximum absolute atomic E-state index is 12.5. The van der Waals surface area contributed by atoms with Crippen molar-refractivity contribution in [3.63, 3.8) is 0 Å². The number of fused-ring (bicyclic) bond motifs is 1. The van der Waals surface area contributed by atoms with Crippen LogP contribution in [-0.2, 0) is 7.05 Å². The minimum atomic E-state index is -0.211. The summed E-state index contributed by atoms with van der Waals surface area (Å²) in [7, 11) is 3.56. The lowest BCUT2D eigenvalue weighted by Gasteiger charge is -2.02. The quantitative estimate of drug-likeness (QED) is 0.722.